The van der Waals surface area contributed by atoms with Gasteiger partial charge in [-0.05, 0) is 49.7 Å². The maximum atomic E-state index is 12.5. The van der Waals surface area contributed by atoms with Crippen LogP contribution in [0.25, 0.3) is 0 Å². The number of anilines is 1. The van der Waals surface area contributed by atoms with Gasteiger partial charge in [0.05, 0.1) is 29.9 Å². The van der Waals surface area contributed by atoms with Crippen LogP contribution in [0, 0.1) is 11.3 Å². The molecule has 4 aliphatic heterocycles. The van der Waals surface area contributed by atoms with Gasteiger partial charge in [0.2, 0.25) is 5.91 Å². The van der Waals surface area contributed by atoms with Crippen molar-refractivity contribution >= 4 is 23.6 Å². The van der Waals surface area contributed by atoms with Crippen LogP contribution in [0.5, 0.6) is 6.01 Å². The van der Waals surface area contributed by atoms with E-state index in [0.29, 0.717) is 44.8 Å². The Morgan fingerprint density at radius 3 is 2.90 bits per heavy atom. The summed E-state index contributed by atoms with van der Waals surface area (Å²) < 4.78 is 6.23. The molecule has 2 aromatic rings. The quantitative estimate of drug-likeness (QED) is 0.471. The van der Waals surface area contributed by atoms with Gasteiger partial charge in [0.15, 0.2) is 0 Å². The third-order valence-electron chi connectivity index (χ3n) is 8.62. The minimum Gasteiger partial charge on any atom is -0.462 e. The van der Waals surface area contributed by atoms with Crippen LogP contribution in [0.2, 0.25) is 0 Å². The number of hydrogen-bond acceptors (Lipinski definition) is 9. The lowest BCUT2D eigenvalue weighted by Gasteiger charge is -2.41. The minimum atomic E-state index is -0.226. The summed E-state index contributed by atoms with van der Waals surface area (Å²) in [7, 11) is 2.14. The summed E-state index contributed by atoms with van der Waals surface area (Å²) in [5.74, 6) is 0.723. The molecule has 208 valence electrons. The fourth-order valence-corrected chi connectivity index (χ4v) is 6.41. The van der Waals surface area contributed by atoms with Crippen LogP contribution in [-0.2, 0) is 30.8 Å². The zero-order valence-electron chi connectivity index (χ0n) is 23.1. The van der Waals surface area contributed by atoms with Gasteiger partial charge in [-0.15, -0.1) is 0 Å². The summed E-state index contributed by atoms with van der Waals surface area (Å²) in [5, 5.41) is 9.49. The lowest BCUT2D eigenvalue weighted by molar-refractivity contribution is -0.128. The highest BCUT2D eigenvalue weighted by molar-refractivity contribution is 5.87. The molecule has 4 aliphatic rings. The molecular formula is C30H36N8O2. The molecule has 2 fully saturated rings. The third kappa shape index (κ3) is 5.19. The second-order valence-corrected chi connectivity index (χ2v) is 11.1. The number of amides is 1. The summed E-state index contributed by atoms with van der Waals surface area (Å²) in [6.45, 7) is 9.22. The number of aromatic nitrogens is 2. The number of nitrogens with zero attached hydrogens (tertiary/aromatic N) is 8. The van der Waals surface area contributed by atoms with Gasteiger partial charge < -0.3 is 19.4 Å². The number of likely N-dealkylation sites (N-methyl/N-ethyl adjacent to an activating group) is 1. The van der Waals surface area contributed by atoms with Crippen molar-refractivity contribution in [1.82, 2.24) is 24.7 Å². The Balaban J connectivity index is 1.26. The molecule has 0 spiro atoms. The van der Waals surface area contributed by atoms with E-state index in [1.807, 2.05) is 6.21 Å². The van der Waals surface area contributed by atoms with E-state index < -0.39 is 0 Å². The van der Waals surface area contributed by atoms with Gasteiger partial charge in [0.25, 0.3) is 0 Å². The molecule has 2 saturated heterocycles. The fourth-order valence-electron chi connectivity index (χ4n) is 6.41. The number of carbonyl (C=O) groups is 1. The molecule has 0 radical (unpaired) electrons. The molecule has 0 N–H and O–H groups in total. The number of likely N-dealkylation sites (tertiary alicyclic amines) is 1. The lowest BCUT2D eigenvalue weighted by Crippen LogP contribution is -2.55. The number of benzene rings is 1. The van der Waals surface area contributed by atoms with Crippen molar-refractivity contribution < 1.29 is 9.53 Å². The van der Waals surface area contributed by atoms with Crippen molar-refractivity contribution in [3.63, 3.8) is 0 Å². The van der Waals surface area contributed by atoms with Crippen molar-refractivity contribution in [2.45, 2.75) is 57.4 Å². The average Bonchev–Trinajstić information content (AvgIpc) is 3.71. The van der Waals surface area contributed by atoms with E-state index in [0.717, 1.165) is 55.2 Å². The van der Waals surface area contributed by atoms with Crippen LogP contribution in [0.15, 0.2) is 35.8 Å². The van der Waals surface area contributed by atoms with Gasteiger partial charge >= 0.3 is 6.01 Å². The summed E-state index contributed by atoms with van der Waals surface area (Å²) in [6.07, 6.45) is 6.74. The maximum Gasteiger partial charge on any atom is 0.318 e. The van der Waals surface area contributed by atoms with Crippen LogP contribution < -0.4 is 9.64 Å². The normalized spacial score (nSPS) is 22.3. The predicted octanol–water partition coefficient (Wildman–Crippen LogP) is 2.84. The smallest absolute Gasteiger partial charge is 0.318 e. The van der Waals surface area contributed by atoms with E-state index in [-0.39, 0.29) is 18.4 Å². The summed E-state index contributed by atoms with van der Waals surface area (Å²) in [6, 6.07) is 9.15. The first kappa shape index (κ1) is 26.4. The molecule has 5 heterocycles. The van der Waals surface area contributed by atoms with Gasteiger partial charge in [-0.1, -0.05) is 18.7 Å². The molecule has 6 rings (SSSR count). The second kappa shape index (κ2) is 11.4. The topological polar surface area (TPSA) is 101 Å². The molecule has 40 heavy (non-hydrogen) atoms. The Hall–Kier alpha value is -3.81. The van der Waals surface area contributed by atoms with Gasteiger partial charge in [0.1, 0.15) is 12.4 Å². The average molecular weight is 541 g/mol. The number of aliphatic imine (C=N–C) groups is 1. The maximum absolute atomic E-state index is 12.5. The predicted molar refractivity (Wildman–Crippen MR) is 153 cm³/mol. The van der Waals surface area contributed by atoms with Crippen molar-refractivity contribution in [2.24, 2.45) is 4.99 Å². The van der Waals surface area contributed by atoms with E-state index in [2.05, 4.69) is 57.6 Å². The molecule has 10 nitrogen and oxygen atoms in total. The molecule has 2 atom stereocenters. The van der Waals surface area contributed by atoms with Crippen LogP contribution >= 0.6 is 0 Å². The SMILES string of the molecule is C=CC(=O)N1CCN(c2nc(OC[C@@H]3CCCN3C)nc3c2CN(Cc2cccc4c2CC=N4)C3)C[C@@H]1CC#N. The van der Waals surface area contributed by atoms with E-state index in [4.69, 9.17) is 14.7 Å². The number of rotatable bonds is 8. The number of piperazine rings is 1. The lowest BCUT2D eigenvalue weighted by atomic mass is 10.0. The first-order chi connectivity index (χ1) is 19.5. The van der Waals surface area contributed by atoms with Crippen LogP contribution in [0.3, 0.4) is 0 Å². The van der Waals surface area contributed by atoms with Crippen molar-refractivity contribution in [2.75, 3.05) is 44.7 Å². The molecule has 1 aromatic heterocycles. The van der Waals surface area contributed by atoms with E-state index in [1.54, 1.807) is 4.90 Å². The Labute approximate surface area is 235 Å². The molecule has 10 heteroatoms. The Bertz CT molecular complexity index is 1370. The fraction of sp³-hybridized carbons (Fsp3) is 0.500. The molecular weight excluding hydrogens is 504 g/mol. The van der Waals surface area contributed by atoms with E-state index in [9.17, 15) is 10.1 Å². The second-order valence-electron chi connectivity index (χ2n) is 11.1. The summed E-state index contributed by atoms with van der Waals surface area (Å²) >= 11 is 0. The number of nitriles is 1. The zero-order valence-corrected chi connectivity index (χ0v) is 23.1. The van der Waals surface area contributed by atoms with Crippen LogP contribution in [-0.4, -0.2) is 88.7 Å². The van der Waals surface area contributed by atoms with Crippen LogP contribution in [0.4, 0.5) is 11.5 Å². The van der Waals surface area contributed by atoms with Crippen LogP contribution in [0.1, 0.15) is 41.6 Å². The monoisotopic (exact) mass is 540 g/mol. The summed E-state index contributed by atoms with van der Waals surface area (Å²) in [4.78, 5) is 35.6. The Morgan fingerprint density at radius 2 is 2.10 bits per heavy atom. The molecule has 0 saturated carbocycles. The highest BCUT2D eigenvalue weighted by Crippen LogP contribution is 2.35. The zero-order chi connectivity index (χ0) is 27.6. The van der Waals surface area contributed by atoms with E-state index >= 15 is 0 Å². The standard InChI is InChI=1S/C30H36N8O2/c1-3-28(39)38-15-14-37(17-22(38)9-11-31)29-25-18-36(16-21-6-4-8-26-24(21)10-12-32-26)19-27(25)33-30(34-29)40-20-23-7-5-13-35(23)2/h3-4,6,8,12,22-23H,1,5,7,9-10,13-20H2,2H3/t22-,23-/m0/s1. The van der Waals surface area contributed by atoms with E-state index in [1.165, 1.54) is 23.6 Å². The van der Waals surface area contributed by atoms with Gasteiger partial charge in [-0.2, -0.15) is 15.2 Å². The Morgan fingerprint density at radius 1 is 1.20 bits per heavy atom. The van der Waals surface area contributed by atoms with Gasteiger partial charge in [-0.25, -0.2) is 0 Å². The first-order valence-electron chi connectivity index (χ1n) is 14.2. The highest BCUT2D eigenvalue weighted by atomic mass is 16.5. The molecule has 1 aromatic carbocycles. The third-order valence-corrected chi connectivity index (χ3v) is 8.62. The molecule has 0 aliphatic carbocycles. The van der Waals surface area contributed by atoms with Gasteiger partial charge in [0, 0.05) is 63.5 Å². The number of ether oxygens (including phenoxy) is 1. The van der Waals surface area contributed by atoms with Crippen molar-refractivity contribution in [3.8, 4) is 12.1 Å². The molecule has 1 amide bonds. The van der Waals surface area contributed by atoms with Gasteiger partial charge in [-0.3, -0.25) is 14.7 Å². The minimum absolute atomic E-state index is 0.136. The van der Waals surface area contributed by atoms with Crippen molar-refractivity contribution in [3.05, 3.63) is 53.2 Å². The number of fused-ring (bicyclic) bond motifs is 2. The largest absolute Gasteiger partial charge is 0.462 e. The highest BCUT2D eigenvalue weighted by Gasteiger charge is 2.34. The molecule has 0 unspecified atom stereocenters. The Kier molecular flexibility index (Phi) is 7.50. The number of hydrogen-bond donors (Lipinski definition) is 0. The summed E-state index contributed by atoms with van der Waals surface area (Å²) in [5.41, 5.74) is 5.76. The first-order valence-corrected chi connectivity index (χ1v) is 14.2. The number of carbonyl (C=O) groups excluding carboxylic acids is 1. The molecule has 0 bridgehead atoms. The van der Waals surface area contributed by atoms with Crippen molar-refractivity contribution in [1.29, 1.82) is 5.26 Å².